The molecule has 3 aromatic heterocycles. The fourth-order valence-electron chi connectivity index (χ4n) is 4.74. The van der Waals surface area contributed by atoms with E-state index in [-0.39, 0.29) is 22.4 Å². The van der Waals surface area contributed by atoms with Gasteiger partial charge < -0.3 is 10.6 Å². The molecule has 1 aliphatic rings. The van der Waals surface area contributed by atoms with Gasteiger partial charge in [0.1, 0.15) is 5.39 Å². The molecule has 2 N–H and O–H groups in total. The van der Waals surface area contributed by atoms with Crippen molar-refractivity contribution < 1.29 is 0 Å². The third kappa shape index (κ3) is 4.44. The predicted octanol–water partition coefficient (Wildman–Crippen LogP) is 5.27. The van der Waals surface area contributed by atoms with Crippen molar-refractivity contribution in [1.29, 1.82) is 0 Å². The molecule has 0 saturated heterocycles. The summed E-state index contributed by atoms with van der Waals surface area (Å²) in [6, 6.07) is 10.3. The number of nitrogens with zero attached hydrogens (tertiary/aromatic N) is 5. The van der Waals surface area contributed by atoms with Crippen molar-refractivity contribution in [3.8, 4) is 5.69 Å². The fourth-order valence-corrected chi connectivity index (χ4v) is 4.74. The molecule has 0 spiro atoms. The zero-order valence-corrected chi connectivity index (χ0v) is 22.9. The summed E-state index contributed by atoms with van der Waals surface area (Å²) in [6.07, 6.45) is 4.48. The summed E-state index contributed by atoms with van der Waals surface area (Å²) in [5.41, 5.74) is 5.69. The summed E-state index contributed by atoms with van der Waals surface area (Å²) in [4.78, 5) is 27.5. The molecule has 8 heteroatoms. The minimum absolute atomic E-state index is 0.00124. The molecule has 1 aromatic carbocycles. The molecule has 0 atom stereocenters. The molecular formula is C29H37N7O. The van der Waals surface area contributed by atoms with Crippen LogP contribution < -0.4 is 16.2 Å². The summed E-state index contributed by atoms with van der Waals surface area (Å²) in [5.74, 6) is 0.454. The van der Waals surface area contributed by atoms with Crippen LogP contribution in [0.15, 0.2) is 47.5 Å². The van der Waals surface area contributed by atoms with Crippen molar-refractivity contribution in [1.82, 2.24) is 29.6 Å². The van der Waals surface area contributed by atoms with Gasteiger partial charge in [0.25, 0.3) is 5.56 Å². The maximum Gasteiger partial charge on any atom is 0.278 e. The van der Waals surface area contributed by atoms with E-state index >= 15 is 0 Å². The quantitative estimate of drug-likeness (QED) is 0.389. The first-order chi connectivity index (χ1) is 17.5. The van der Waals surface area contributed by atoms with Gasteiger partial charge in [0.2, 0.25) is 5.95 Å². The Bertz CT molecular complexity index is 1520. The highest BCUT2D eigenvalue weighted by atomic mass is 16.1. The van der Waals surface area contributed by atoms with E-state index in [9.17, 15) is 4.79 Å². The summed E-state index contributed by atoms with van der Waals surface area (Å²) in [6.45, 7) is 17.0. The number of benzene rings is 1. The highest BCUT2D eigenvalue weighted by Crippen LogP contribution is 2.40. The molecule has 0 saturated carbocycles. The topological polar surface area (TPSA) is 89.7 Å². The largest absolute Gasteiger partial charge is 0.324 e. The number of fused-ring (bicyclic) bond motifs is 2. The highest BCUT2D eigenvalue weighted by Gasteiger charge is 2.36. The van der Waals surface area contributed by atoms with Crippen molar-refractivity contribution in [3.63, 3.8) is 0 Å². The Morgan fingerprint density at radius 2 is 1.81 bits per heavy atom. The zero-order chi connectivity index (χ0) is 26.5. The normalized spacial score (nSPS) is 14.3. The van der Waals surface area contributed by atoms with Gasteiger partial charge in [-0.05, 0) is 67.6 Å². The number of aromatic nitrogens is 5. The van der Waals surface area contributed by atoms with E-state index in [0.717, 1.165) is 36.6 Å². The van der Waals surface area contributed by atoms with E-state index in [1.807, 2.05) is 30.8 Å². The van der Waals surface area contributed by atoms with Gasteiger partial charge in [0.05, 0.1) is 5.69 Å². The fraction of sp³-hybridized carbons (Fsp3) is 0.448. The van der Waals surface area contributed by atoms with Crippen molar-refractivity contribution >= 4 is 22.7 Å². The van der Waals surface area contributed by atoms with Gasteiger partial charge in [-0.15, -0.1) is 0 Å². The number of hydrogen-bond acceptors (Lipinski definition) is 6. The Morgan fingerprint density at radius 1 is 1.03 bits per heavy atom. The zero-order valence-electron chi connectivity index (χ0n) is 22.9. The first kappa shape index (κ1) is 25.1. The molecule has 37 heavy (non-hydrogen) atoms. The van der Waals surface area contributed by atoms with Crippen LogP contribution in [0.1, 0.15) is 71.3 Å². The third-order valence-electron chi connectivity index (χ3n) is 7.96. The van der Waals surface area contributed by atoms with E-state index in [2.05, 4.69) is 74.5 Å². The Balaban J connectivity index is 1.63. The predicted molar refractivity (Wildman–Crippen MR) is 149 cm³/mol. The molecule has 0 fully saturated rings. The van der Waals surface area contributed by atoms with E-state index < -0.39 is 0 Å². The van der Waals surface area contributed by atoms with E-state index in [1.165, 1.54) is 11.1 Å². The van der Waals surface area contributed by atoms with Crippen LogP contribution in [0, 0.1) is 5.41 Å². The summed E-state index contributed by atoms with van der Waals surface area (Å²) >= 11 is 0. The minimum Gasteiger partial charge on any atom is -0.324 e. The van der Waals surface area contributed by atoms with Crippen LogP contribution in [0.25, 0.3) is 16.7 Å². The number of anilines is 2. The molecule has 0 bridgehead atoms. The number of pyridine rings is 1. The average Bonchev–Trinajstić information content (AvgIpc) is 3.15. The van der Waals surface area contributed by atoms with Gasteiger partial charge >= 0.3 is 0 Å². The van der Waals surface area contributed by atoms with Crippen LogP contribution in [-0.2, 0) is 18.4 Å². The SMILES string of the molecule is CC(C)n1c(=O)c2cnc(Nc3ccc4c(c3)CNCC4)nc2n1-c1ccnc(C(C)(C)C(C)(C)C)c1. The maximum atomic E-state index is 13.5. The van der Waals surface area contributed by atoms with Gasteiger partial charge in [-0.3, -0.25) is 9.78 Å². The average molecular weight is 500 g/mol. The van der Waals surface area contributed by atoms with Crippen LogP contribution in [-0.4, -0.2) is 30.9 Å². The molecule has 5 rings (SSSR count). The van der Waals surface area contributed by atoms with Crippen LogP contribution in [0.4, 0.5) is 11.6 Å². The minimum atomic E-state index is -0.183. The second-order valence-electron chi connectivity index (χ2n) is 11.8. The summed E-state index contributed by atoms with van der Waals surface area (Å²) in [5, 5.41) is 7.26. The molecule has 4 heterocycles. The van der Waals surface area contributed by atoms with E-state index in [4.69, 9.17) is 9.97 Å². The monoisotopic (exact) mass is 499 g/mol. The lowest BCUT2D eigenvalue weighted by Gasteiger charge is -2.38. The highest BCUT2D eigenvalue weighted by molar-refractivity contribution is 5.77. The first-order valence-electron chi connectivity index (χ1n) is 13.0. The lowest BCUT2D eigenvalue weighted by atomic mass is 9.67. The standard InChI is InChI=1S/C29H37N7O/c1-18(2)35-26(37)23-17-32-27(33-21-9-8-19-10-12-30-16-20(19)14-21)34-25(23)36(35)22-11-13-31-24(15-22)29(6,7)28(3,4)5/h8-9,11,13-15,17-18,30H,10,12,16H2,1-7H3,(H,32,33,34). The molecule has 0 aliphatic carbocycles. The maximum absolute atomic E-state index is 13.5. The number of rotatable bonds is 5. The molecule has 194 valence electrons. The third-order valence-corrected chi connectivity index (χ3v) is 7.96. The van der Waals surface area contributed by atoms with Crippen LogP contribution >= 0.6 is 0 Å². The smallest absolute Gasteiger partial charge is 0.278 e. The van der Waals surface area contributed by atoms with Crippen molar-refractivity contribution in [2.24, 2.45) is 5.41 Å². The second kappa shape index (κ2) is 9.10. The van der Waals surface area contributed by atoms with Gasteiger partial charge in [0, 0.05) is 41.8 Å². The molecule has 0 radical (unpaired) electrons. The van der Waals surface area contributed by atoms with Crippen molar-refractivity contribution in [2.75, 3.05) is 11.9 Å². The molecule has 8 nitrogen and oxygen atoms in total. The number of hydrogen-bond donors (Lipinski definition) is 2. The number of nitrogens with one attached hydrogen (secondary N) is 2. The molecule has 1 aliphatic heterocycles. The Morgan fingerprint density at radius 3 is 2.54 bits per heavy atom. The van der Waals surface area contributed by atoms with E-state index in [1.54, 1.807) is 10.9 Å². The first-order valence-corrected chi connectivity index (χ1v) is 13.0. The molecule has 4 aromatic rings. The van der Waals surface area contributed by atoms with Crippen molar-refractivity contribution in [3.05, 3.63) is 69.9 Å². The summed E-state index contributed by atoms with van der Waals surface area (Å²) < 4.78 is 3.66. The van der Waals surface area contributed by atoms with Gasteiger partial charge in [0.15, 0.2) is 5.65 Å². The Kier molecular flexibility index (Phi) is 6.18. The lowest BCUT2D eigenvalue weighted by molar-refractivity contribution is 0.219. The second-order valence-corrected chi connectivity index (χ2v) is 11.8. The lowest BCUT2D eigenvalue weighted by Crippen LogP contribution is -2.35. The van der Waals surface area contributed by atoms with Gasteiger partial charge in [-0.1, -0.05) is 40.7 Å². The van der Waals surface area contributed by atoms with Crippen molar-refractivity contribution in [2.45, 2.75) is 72.9 Å². The van der Waals surface area contributed by atoms with Gasteiger partial charge in [-0.2, -0.15) is 4.98 Å². The molecule has 0 unspecified atom stereocenters. The molecular weight excluding hydrogens is 462 g/mol. The van der Waals surface area contributed by atoms with Crippen LogP contribution in [0.5, 0.6) is 0 Å². The van der Waals surface area contributed by atoms with Crippen LogP contribution in [0.3, 0.4) is 0 Å². The Labute approximate surface area is 218 Å². The molecule has 0 amide bonds. The summed E-state index contributed by atoms with van der Waals surface area (Å²) in [7, 11) is 0. The van der Waals surface area contributed by atoms with E-state index in [0.29, 0.717) is 17.0 Å². The van der Waals surface area contributed by atoms with Gasteiger partial charge in [-0.25, -0.2) is 14.3 Å². The Hall–Kier alpha value is -3.52. The van der Waals surface area contributed by atoms with Crippen LogP contribution in [0.2, 0.25) is 0 Å².